The van der Waals surface area contributed by atoms with Gasteiger partial charge in [-0.25, -0.2) is 4.79 Å². The van der Waals surface area contributed by atoms with Gasteiger partial charge in [-0.1, -0.05) is 23.7 Å². The molecule has 5 nitrogen and oxygen atoms in total. The topological polar surface area (TPSA) is 57.7 Å². The summed E-state index contributed by atoms with van der Waals surface area (Å²) in [5, 5.41) is 3.59. The van der Waals surface area contributed by atoms with Crippen LogP contribution < -0.4 is 4.74 Å². The number of benzene rings is 3. The highest BCUT2D eigenvalue weighted by Gasteiger charge is 2.33. The van der Waals surface area contributed by atoms with Crippen molar-refractivity contribution >= 4 is 39.2 Å². The quantitative estimate of drug-likeness (QED) is 0.289. The summed E-state index contributed by atoms with van der Waals surface area (Å²) in [5.74, 6) is 0.381. The monoisotopic (exact) mass is 489 g/mol. The van der Waals surface area contributed by atoms with Crippen molar-refractivity contribution in [1.29, 1.82) is 0 Å². The molecule has 5 rings (SSSR count). The van der Waals surface area contributed by atoms with Crippen molar-refractivity contribution in [3.05, 3.63) is 70.4 Å². The largest absolute Gasteiger partial charge is 0.493 e. The number of methoxy groups -OCH3 is 1. The fraction of sp³-hybridized carbons (Fsp3) is 0.310. The number of rotatable bonds is 4. The van der Waals surface area contributed by atoms with E-state index in [0.29, 0.717) is 11.6 Å². The molecule has 0 radical (unpaired) electrons. The van der Waals surface area contributed by atoms with E-state index in [1.165, 1.54) is 12.7 Å². The highest BCUT2D eigenvalue weighted by molar-refractivity contribution is 6.31. The lowest BCUT2D eigenvalue weighted by atomic mass is 9.85. The van der Waals surface area contributed by atoms with Gasteiger partial charge >= 0.3 is 5.97 Å². The molecule has 1 aliphatic rings. The minimum absolute atomic E-state index is 0.448. The Balaban J connectivity index is 1.91. The van der Waals surface area contributed by atoms with Crippen molar-refractivity contribution in [1.82, 2.24) is 4.98 Å². The number of nitrogens with zero attached hydrogens (tertiary/aromatic N) is 1. The first-order chi connectivity index (χ1) is 16.7. The summed E-state index contributed by atoms with van der Waals surface area (Å²) in [7, 11) is 1.39. The first kappa shape index (κ1) is 23.6. The Morgan fingerprint density at radius 3 is 2.69 bits per heavy atom. The number of aromatic nitrogens is 1. The number of ether oxygens (including phenoxy) is 3. The molecule has 0 unspecified atom stereocenters. The van der Waals surface area contributed by atoms with Gasteiger partial charge in [0.1, 0.15) is 5.75 Å². The van der Waals surface area contributed by atoms with E-state index in [1.807, 2.05) is 76.4 Å². The second-order valence-electron chi connectivity index (χ2n) is 9.88. The van der Waals surface area contributed by atoms with Gasteiger partial charge in [0, 0.05) is 34.2 Å². The van der Waals surface area contributed by atoms with Crippen molar-refractivity contribution in [2.45, 2.75) is 45.8 Å². The molecule has 0 fully saturated rings. The second kappa shape index (κ2) is 8.81. The predicted octanol–water partition coefficient (Wildman–Crippen LogP) is 6.98. The molecular weight excluding hydrogens is 462 g/mol. The van der Waals surface area contributed by atoms with E-state index in [-0.39, 0.29) is 0 Å². The molecule has 0 aliphatic carbocycles. The standard InChI is InChI=1S/C29H28ClNO4/c1-16-14-18-15-19(30)6-7-20(18)25(23(16)27(28(32)33-5)35-29(2,3)4)21-8-9-22-24-17(11-13-34-22)10-12-31-26(21)24/h6-10,12,14-15,27H,11,13H2,1-5H3/t27-/m1/s1. The molecule has 180 valence electrons. The van der Waals surface area contributed by atoms with E-state index in [2.05, 4.69) is 0 Å². The molecule has 0 bridgehead atoms. The van der Waals surface area contributed by atoms with Crippen molar-refractivity contribution < 1.29 is 19.0 Å². The van der Waals surface area contributed by atoms with Crippen LogP contribution in [0.3, 0.4) is 0 Å². The number of hydrogen-bond acceptors (Lipinski definition) is 5. The van der Waals surface area contributed by atoms with E-state index >= 15 is 0 Å². The van der Waals surface area contributed by atoms with Gasteiger partial charge in [-0.15, -0.1) is 0 Å². The van der Waals surface area contributed by atoms with Gasteiger partial charge < -0.3 is 14.2 Å². The Hall–Kier alpha value is -3.15. The highest BCUT2D eigenvalue weighted by atomic mass is 35.5. The maximum absolute atomic E-state index is 13.1. The average Bonchev–Trinajstić information content (AvgIpc) is 2.81. The molecule has 0 N–H and O–H groups in total. The maximum atomic E-state index is 13.1. The van der Waals surface area contributed by atoms with Crippen LogP contribution in [0.25, 0.3) is 32.8 Å². The molecule has 1 aliphatic heterocycles. The van der Waals surface area contributed by atoms with Crippen molar-refractivity contribution in [3.63, 3.8) is 0 Å². The van der Waals surface area contributed by atoms with Crippen LogP contribution in [0.4, 0.5) is 0 Å². The Morgan fingerprint density at radius 1 is 1.14 bits per heavy atom. The van der Waals surface area contributed by atoms with Crippen LogP contribution in [-0.4, -0.2) is 30.3 Å². The van der Waals surface area contributed by atoms with E-state index < -0.39 is 17.7 Å². The van der Waals surface area contributed by atoms with Gasteiger partial charge in [-0.2, -0.15) is 0 Å². The molecule has 2 heterocycles. The molecule has 0 amide bonds. The minimum Gasteiger partial charge on any atom is -0.493 e. The van der Waals surface area contributed by atoms with Crippen molar-refractivity contribution in [2.75, 3.05) is 13.7 Å². The lowest BCUT2D eigenvalue weighted by Crippen LogP contribution is -2.29. The summed E-state index contributed by atoms with van der Waals surface area (Å²) < 4.78 is 17.5. The fourth-order valence-corrected chi connectivity index (χ4v) is 5.13. The summed E-state index contributed by atoms with van der Waals surface area (Å²) >= 11 is 6.37. The van der Waals surface area contributed by atoms with E-state index in [0.717, 1.165) is 56.1 Å². The number of hydrogen-bond donors (Lipinski definition) is 0. The number of aryl methyl sites for hydroxylation is 1. The van der Waals surface area contributed by atoms with Crippen LogP contribution >= 0.6 is 11.6 Å². The van der Waals surface area contributed by atoms with Crippen LogP contribution in [0.1, 0.15) is 43.6 Å². The molecule has 1 aromatic heterocycles. The lowest BCUT2D eigenvalue weighted by Gasteiger charge is -2.30. The average molecular weight is 490 g/mol. The fourth-order valence-electron chi connectivity index (χ4n) is 4.95. The third kappa shape index (κ3) is 4.24. The Kier molecular flexibility index (Phi) is 5.94. The lowest BCUT2D eigenvalue weighted by molar-refractivity contribution is -0.164. The summed E-state index contributed by atoms with van der Waals surface area (Å²) in [6, 6.07) is 13.9. The summed E-state index contributed by atoms with van der Waals surface area (Å²) in [6.07, 6.45) is 1.75. The number of carbonyl (C=O) groups is 1. The van der Waals surface area contributed by atoms with Crippen LogP contribution in [0.5, 0.6) is 5.75 Å². The Bertz CT molecular complexity index is 1460. The van der Waals surface area contributed by atoms with Crippen molar-refractivity contribution in [2.24, 2.45) is 0 Å². The smallest absolute Gasteiger partial charge is 0.339 e. The predicted molar refractivity (Wildman–Crippen MR) is 139 cm³/mol. The molecule has 6 heteroatoms. The zero-order chi connectivity index (χ0) is 24.9. The summed E-state index contributed by atoms with van der Waals surface area (Å²) in [6.45, 7) is 8.43. The zero-order valence-corrected chi connectivity index (χ0v) is 21.3. The van der Waals surface area contributed by atoms with E-state index in [4.69, 9.17) is 30.8 Å². The first-order valence-electron chi connectivity index (χ1n) is 11.7. The van der Waals surface area contributed by atoms with Crippen LogP contribution in [0.15, 0.2) is 48.7 Å². The van der Waals surface area contributed by atoms with Gasteiger partial charge in [-0.3, -0.25) is 4.98 Å². The number of fused-ring (bicyclic) bond motifs is 1. The molecule has 3 aromatic carbocycles. The number of carbonyl (C=O) groups excluding carboxylic acids is 1. The van der Waals surface area contributed by atoms with Crippen LogP contribution in [0, 0.1) is 6.92 Å². The number of halogens is 1. The minimum atomic E-state index is -0.919. The Labute approximate surface area is 210 Å². The molecule has 35 heavy (non-hydrogen) atoms. The number of esters is 1. The summed E-state index contributed by atoms with van der Waals surface area (Å²) in [4.78, 5) is 17.9. The van der Waals surface area contributed by atoms with Crippen molar-refractivity contribution in [3.8, 4) is 16.9 Å². The van der Waals surface area contributed by atoms with Gasteiger partial charge in [0.25, 0.3) is 0 Å². The van der Waals surface area contributed by atoms with Crippen LogP contribution in [-0.2, 0) is 20.7 Å². The molecule has 1 atom stereocenters. The van der Waals surface area contributed by atoms with Gasteiger partial charge in [0.05, 0.1) is 24.8 Å². The maximum Gasteiger partial charge on any atom is 0.339 e. The van der Waals surface area contributed by atoms with Gasteiger partial charge in [0.15, 0.2) is 6.10 Å². The molecule has 0 spiro atoms. The SMILES string of the molecule is COC(=O)[C@H](OC(C)(C)C)c1c(C)cc2cc(Cl)ccc2c1-c1ccc2c3c(ccnc13)CCO2. The molecular formula is C29H28ClNO4. The zero-order valence-electron chi connectivity index (χ0n) is 20.6. The normalized spacial score (nSPS) is 14.1. The van der Waals surface area contributed by atoms with Gasteiger partial charge in [0.2, 0.25) is 0 Å². The van der Waals surface area contributed by atoms with E-state index in [1.54, 1.807) is 0 Å². The van der Waals surface area contributed by atoms with E-state index in [9.17, 15) is 4.79 Å². The number of pyridine rings is 1. The second-order valence-corrected chi connectivity index (χ2v) is 10.3. The highest BCUT2D eigenvalue weighted by Crippen LogP contribution is 2.45. The third-order valence-corrected chi connectivity index (χ3v) is 6.57. The van der Waals surface area contributed by atoms with Gasteiger partial charge in [-0.05, 0) is 85.5 Å². The van der Waals surface area contributed by atoms with Crippen LogP contribution in [0.2, 0.25) is 5.02 Å². The molecule has 0 saturated heterocycles. The third-order valence-electron chi connectivity index (χ3n) is 6.34. The summed E-state index contributed by atoms with van der Waals surface area (Å²) in [5.41, 5.74) is 4.93. The Morgan fingerprint density at radius 2 is 1.94 bits per heavy atom. The molecule has 4 aromatic rings. The first-order valence-corrected chi connectivity index (χ1v) is 12.1. The molecule has 0 saturated carbocycles.